The predicted octanol–water partition coefficient (Wildman–Crippen LogP) is 2.47. The Hall–Kier alpha value is -1.02. The molecule has 1 unspecified atom stereocenters. The lowest BCUT2D eigenvalue weighted by Gasteiger charge is -2.14. The highest BCUT2D eigenvalue weighted by Gasteiger charge is 2.12. The summed E-state index contributed by atoms with van der Waals surface area (Å²) in [6, 6.07) is 6.92. The second-order valence-electron chi connectivity index (χ2n) is 3.70. The van der Waals surface area contributed by atoms with Gasteiger partial charge < -0.3 is 10.2 Å². The largest absolute Gasteiger partial charge is 0.508 e. The molecule has 2 N–H and O–H groups in total. The van der Waals surface area contributed by atoms with Gasteiger partial charge in [0.05, 0.1) is 6.10 Å². The van der Waals surface area contributed by atoms with E-state index in [-0.39, 0.29) is 5.75 Å². The summed E-state index contributed by atoms with van der Waals surface area (Å²) >= 11 is 0. The summed E-state index contributed by atoms with van der Waals surface area (Å²) in [6.45, 7) is 4.09. The van der Waals surface area contributed by atoms with Gasteiger partial charge in [0, 0.05) is 5.56 Å². The minimum atomic E-state index is -0.554. The van der Waals surface area contributed by atoms with E-state index in [2.05, 4.69) is 0 Å². The highest BCUT2D eigenvalue weighted by molar-refractivity contribution is 5.33. The van der Waals surface area contributed by atoms with Crippen molar-refractivity contribution in [3.8, 4) is 5.75 Å². The highest BCUT2D eigenvalue weighted by Crippen LogP contribution is 2.27. The van der Waals surface area contributed by atoms with Crippen LogP contribution in [0.5, 0.6) is 5.75 Å². The number of phenolic OH excluding ortho intramolecular Hbond substituents is 1. The number of aliphatic hydroxyl groups is 1. The second-order valence-corrected chi connectivity index (χ2v) is 3.70. The molecule has 0 aliphatic rings. The molecule has 0 spiro atoms. The fourth-order valence-electron chi connectivity index (χ4n) is 1.34. The first-order valence-corrected chi connectivity index (χ1v) is 4.57. The summed E-state index contributed by atoms with van der Waals surface area (Å²) in [5.74, 6) is 0.602. The molecule has 72 valence electrons. The summed E-state index contributed by atoms with van der Waals surface area (Å²) in [5.41, 5.74) is 0.621. The van der Waals surface area contributed by atoms with E-state index in [1.807, 2.05) is 19.9 Å². The standard InChI is InChI=1S/C11H16O2/c1-8(2)7-11(13)9-5-3-4-6-10(9)12/h3-6,8,11-13H,7H2,1-2H3. The molecular formula is C11H16O2. The summed E-state index contributed by atoms with van der Waals surface area (Å²) < 4.78 is 0. The average molecular weight is 180 g/mol. The van der Waals surface area contributed by atoms with Crippen molar-refractivity contribution in [2.24, 2.45) is 5.92 Å². The third-order valence-electron chi connectivity index (χ3n) is 1.99. The maximum Gasteiger partial charge on any atom is 0.121 e. The minimum absolute atomic E-state index is 0.177. The van der Waals surface area contributed by atoms with Gasteiger partial charge in [-0.25, -0.2) is 0 Å². The molecule has 0 fully saturated rings. The van der Waals surface area contributed by atoms with Crippen LogP contribution in [0.4, 0.5) is 0 Å². The lowest BCUT2D eigenvalue weighted by molar-refractivity contribution is 0.148. The van der Waals surface area contributed by atoms with Crippen LogP contribution in [0.3, 0.4) is 0 Å². The van der Waals surface area contributed by atoms with E-state index in [1.54, 1.807) is 18.2 Å². The number of phenols is 1. The Bertz CT molecular complexity index is 269. The zero-order valence-corrected chi connectivity index (χ0v) is 8.07. The Morgan fingerprint density at radius 3 is 2.38 bits per heavy atom. The summed E-state index contributed by atoms with van der Waals surface area (Å²) in [6.07, 6.45) is 0.124. The maximum atomic E-state index is 9.71. The number of aliphatic hydroxyl groups excluding tert-OH is 1. The number of rotatable bonds is 3. The van der Waals surface area contributed by atoms with E-state index in [4.69, 9.17) is 0 Å². The molecule has 1 aromatic carbocycles. The molecule has 0 saturated carbocycles. The number of hydrogen-bond donors (Lipinski definition) is 2. The van der Waals surface area contributed by atoms with Crippen LogP contribution in [0.1, 0.15) is 31.9 Å². The van der Waals surface area contributed by atoms with Crippen LogP contribution in [-0.4, -0.2) is 10.2 Å². The predicted molar refractivity (Wildman–Crippen MR) is 52.5 cm³/mol. The average Bonchev–Trinajstić information content (AvgIpc) is 2.03. The Balaban J connectivity index is 2.76. The summed E-state index contributed by atoms with van der Waals surface area (Å²) in [4.78, 5) is 0. The third-order valence-corrected chi connectivity index (χ3v) is 1.99. The molecule has 2 nitrogen and oxygen atoms in total. The number of benzene rings is 1. The number of aromatic hydroxyl groups is 1. The van der Waals surface area contributed by atoms with E-state index in [9.17, 15) is 10.2 Å². The van der Waals surface area contributed by atoms with Gasteiger partial charge in [0.15, 0.2) is 0 Å². The van der Waals surface area contributed by atoms with Crippen molar-refractivity contribution in [1.82, 2.24) is 0 Å². The van der Waals surface area contributed by atoms with E-state index in [0.29, 0.717) is 17.9 Å². The zero-order chi connectivity index (χ0) is 9.84. The van der Waals surface area contributed by atoms with Gasteiger partial charge in [0.2, 0.25) is 0 Å². The fraction of sp³-hybridized carbons (Fsp3) is 0.455. The van der Waals surface area contributed by atoms with Gasteiger partial charge in [-0.15, -0.1) is 0 Å². The fourth-order valence-corrected chi connectivity index (χ4v) is 1.34. The van der Waals surface area contributed by atoms with Crippen molar-refractivity contribution in [1.29, 1.82) is 0 Å². The van der Waals surface area contributed by atoms with E-state index < -0.39 is 6.10 Å². The lowest BCUT2D eigenvalue weighted by Crippen LogP contribution is -2.01. The Morgan fingerprint density at radius 1 is 1.23 bits per heavy atom. The quantitative estimate of drug-likeness (QED) is 0.750. The van der Waals surface area contributed by atoms with Gasteiger partial charge in [0.25, 0.3) is 0 Å². The van der Waals surface area contributed by atoms with Gasteiger partial charge in [0.1, 0.15) is 5.75 Å². The third kappa shape index (κ3) is 2.74. The Kier molecular flexibility index (Phi) is 3.32. The molecule has 0 aliphatic carbocycles. The van der Waals surface area contributed by atoms with Crippen molar-refractivity contribution in [3.63, 3.8) is 0 Å². The minimum Gasteiger partial charge on any atom is -0.508 e. The molecule has 0 amide bonds. The van der Waals surface area contributed by atoms with Gasteiger partial charge >= 0.3 is 0 Å². The molecule has 1 atom stereocenters. The van der Waals surface area contributed by atoms with Crippen LogP contribution >= 0.6 is 0 Å². The summed E-state index contributed by atoms with van der Waals surface area (Å²) in [5, 5.41) is 19.1. The zero-order valence-electron chi connectivity index (χ0n) is 8.07. The van der Waals surface area contributed by atoms with Crippen molar-refractivity contribution in [3.05, 3.63) is 29.8 Å². The van der Waals surface area contributed by atoms with Crippen LogP contribution in [0.15, 0.2) is 24.3 Å². The van der Waals surface area contributed by atoms with Crippen molar-refractivity contribution in [2.45, 2.75) is 26.4 Å². The first-order chi connectivity index (χ1) is 6.11. The second kappa shape index (κ2) is 4.28. The molecule has 13 heavy (non-hydrogen) atoms. The van der Waals surface area contributed by atoms with Crippen LogP contribution in [0.25, 0.3) is 0 Å². The van der Waals surface area contributed by atoms with Crippen molar-refractivity contribution >= 4 is 0 Å². The first-order valence-electron chi connectivity index (χ1n) is 4.57. The molecule has 0 radical (unpaired) electrons. The van der Waals surface area contributed by atoms with E-state index in [1.165, 1.54) is 0 Å². The molecule has 0 saturated heterocycles. The Labute approximate surface area is 78.8 Å². The van der Waals surface area contributed by atoms with Gasteiger partial charge in [-0.05, 0) is 18.4 Å². The Morgan fingerprint density at radius 2 is 1.85 bits per heavy atom. The van der Waals surface area contributed by atoms with Crippen LogP contribution in [0.2, 0.25) is 0 Å². The monoisotopic (exact) mass is 180 g/mol. The SMILES string of the molecule is CC(C)CC(O)c1ccccc1O. The smallest absolute Gasteiger partial charge is 0.121 e. The molecule has 0 heterocycles. The first kappa shape index (κ1) is 10.1. The maximum absolute atomic E-state index is 9.71. The van der Waals surface area contributed by atoms with E-state index >= 15 is 0 Å². The lowest BCUT2D eigenvalue weighted by atomic mass is 9.99. The molecule has 1 rings (SSSR count). The molecule has 0 aromatic heterocycles. The highest BCUT2D eigenvalue weighted by atomic mass is 16.3. The molecular weight excluding hydrogens is 164 g/mol. The number of hydrogen-bond acceptors (Lipinski definition) is 2. The molecule has 0 bridgehead atoms. The van der Waals surface area contributed by atoms with Crippen LogP contribution in [0, 0.1) is 5.92 Å². The van der Waals surface area contributed by atoms with Crippen LogP contribution < -0.4 is 0 Å². The summed E-state index contributed by atoms with van der Waals surface area (Å²) in [7, 11) is 0. The topological polar surface area (TPSA) is 40.5 Å². The van der Waals surface area contributed by atoms with E-state index in [0.717, 1.165) is 0 Å². The van der Waals surface area contributed by atoms with Crippen molar-refractivity contribution < 1.29 is 10.2 Å². The van der Waals surface area contributed by atoms with Gasteiger partial charge in [-0.1, -0.05) is 32.0 Å². The van der Waals surface area contributed by atoms with Gasteiger partial charge in [-0.3, -0.25) is 0 Å². The molecule has 2 heteroatoms. The number of para-hydroxylation sites is 1. The van der Waals surface area contributed by atoms with Crippen molar-refractivity contribution in [2.75, 3.05) is 0 Å². The molecule has 1 aromatic rings. The molecule has 0 aliphatic heterocycles. The van der Waals surface area contributed by atoms with Crippen LogP contribution in [-0.2, 0) is 0 Å². The van der Waals surface area contributed by atoms with Gasteiger partial charge in [-0.2, -0.15) is 0 Å². The normalized spacial score (nSPS) is 13.2.